The molecule has 0 bridgehead atoms. The van der Waals surface area contributed by atoms with Crippen molar-refractivity contribution < 1.29 is 0 Å². The van der Waals surface area contributed by atoms with E-state index >= 15 is 0 Å². The first-order valence-electron chi connectivity index (χ1n) is 22.2. The third-order valence-corrected chi connectivity index (χ3v) is 14.1. The number of hydrogen-bond acceptors (Lipinski definition) is 3. The summed E-state index contributed by atoms with van der Waals surface area (Å²) in [4.78, 5) is 14.6. The van der Waals surface area contributed by atoms with E-state index in [2.05, 4.69) is 6.58 Å². The van der Waals surface area contributed by atoms with Crippen LogP contribution in [0.5, 0.6) is 0 Å². The molecule has 77 heavy (non-hydrogen) atoms. The molecular weight excluding hydrogens is 899 g/mol. The van der Waals surface area contributed by atoms with Crippen LogP contribution in [0.1, 0.15) is 5.56 Å². The highest BCUT2D eigenvalue weighted by Gasteiger charge is 2.30. The molecule has 0 saturated carbocycles. The Morgan fingerprint density at radius 1 is 0.286 bits per heavy atom. The van der Waals surface area contributed by atoms with E-state index in [1.807, 2.05) is 0 Å². The maximum absolute atomic E-state index is 7.24. The second kappa shape index (κ2) is 19.8. The molecule has 0 unspecified atom stereocenters. The number of rotatable bonds is 6. The van der Waals surface area contributed by atoms with Gasteiger partial charge in [-0.2, -0.15) is 0 Å². The van der Waals surface area contributed by atoms with Gasteiger partial charge in [0.05, 0.1) is 0 Å². The van der Waals surface area contributed by atoms with Crippen molar-refractivity contribution in [1.29, 1.82) is 0 Å². The van der Waals surface area contributed by atoms with E-state index in [9.17, 15) is 0 Å². The molecule has 0 aliphatic carbocycles. The molecule has 0 N–H and O–H groups in total. The summed E-state index contributed by atoms with van der Waals surface area (Å²) in [5.74, 6) is -1.12. The number of aromatic nitrogens is 4. The highest BCUT2D eigenvalue weighted by atomic mass is 15.0. The van der Waals surface area contributed by atoms with Crippen molar-refractivity contribution in [2.75, 3.05) is 0 Å². The van der Waals surface area contributed by atoms with Gasteiger partial charge in [-0.05, 0) is 48.9 Å². The third kappa shape index (κ3) is 7.93. The van der Waals surface area contributed by atoms with Gasteiger partial charge in [0.15, 0.2) is 17.5 Å². The Bertz CT molecular complexity index is 4200. The average molecular weight is 901 g/mol. The predicted octanol–water partition coefficient (Wildman–Crippen LogP) is -20.2. The zero-order chi connectivity index (χ0) is 57.1. The van der Waals surface area contributed by atoms with Crippen molar-refractivity contribution in [1.82, 2.24) is 19.5 Å². The van der Waals surface area contributed by atoms with Crippen LogP contribution in [0.4, 0.5) is 0 Å². The Hall–Kier alpha value is -4.83. The molecule has 7 aromatic carbocycles. The second-order valence-corrected chi connectivity index (χ2v) is 18.1. The molecule has 2 heterocycles. The predicted molar refractivity (Wildman–Crippen MR) is 354 cm³/mol. The molecule has 56 radical (unpaired) electrons. The van der Waals surface area contributed by atoms with E-state index in [1.54, 1.807) is 0 Å². The van der Waals surface area contributed by atoms with Crippen molar-refractivity contribution in [2.45, 2.75) is 0 Å². The summed E-state index contributed by atoms with van der Waals surface area (Å²) < 4.78 is 1.29. The average Bonchev–Trinajstić information content (AvgIpc) is 3.76. The Kier molecular flexibility index (Phi) is 14.6. The zero-order valence-corrected chi connectivity index (χ0v) is 40.7. The van der Waals surface area contributed by atoms with Gasteiger partial charge in [0, 0.05) is 27.9 Å². The summed E-state index contributed by atoms with van der Waals surface area (Å²) in [5, 5.41) is 0.00425. The molecule has 0 saturated heterocycles. The minimum atomic E-state index is -0.391. The first-order valence-corrected chi connectivity index (χ1v) is 22.2. The molecule has 0 atom stereocenters. The highest BCUT2D eigenvalue weighted by molar-refractivity contribution is 6.76. The van der Waals surface area contributed by atoms with Crippen LogP contribution in [0, 0.1) is 0 Å². The van der Waals surface area contributed by atoms with Crippen molar-refractivity contribution in [3.63, 3.8) is 0 Å². The number of nitrogens with zero attached hydrogens (tertiary/aromatic N) is 4. The molecule has 4 nitrogen and oxygen atoms in total. The Balaban J connectivity index is 1.54. The number of allylic oxidation sites excluding steroid dienone is 2. The van der Waals surface area contributed by atoms with E-state index in [-0.39, 0.29) is 236 Å². The van der Waals surface area contributed by atoms with Crippen LogP contribution in [-0.2, 0) is 0 Å². The summed E-state index contributed by atoms with van der Waals surface area (Å²) in [5.41, 5.74) is -5.84. The Morgan fingerprint density at radius 2 is 0.571 bits per heavy atom. The number of hydrogen-bond donors (Lipinski definition) is 0. The van der Waals surface area contributed by atoms with E-state index in [4.69, 9.17) is 235 Å². The molecule has 0 amide bonds. The van der Waals surface area contributed by atoms with Crippen LogP contribution >= 0.6 is 0 Å². The molecule has 0 aliphatic rings. The zero-order valence-electron chi connectivity index (χ0n) is 40.7. The van der Waals surface area contributed by atoms with E-state index in [0.717, 1.165) is 0 Å². The molecule has 0 aliphatic heterocycles. The molecule has 0 spiro atoms. The van der Waals surface area contributed by atoms with Crippen LogP contribution in [0.25, 0.3) is 88.5 Å². The summed E-state index contributed by atoms with van der Waals surface area (Å²) in [6.45, 7) is 3.70. The lowest BCUT2D eigenvalue weighted by molar-refractivity contribution is 1.08. The summed E-state index contributed by atoms with van der Waals surface area (Å²) in [7, 11) is 187. The van der Waals surface area contributed by atoms with E-state index in [1.165, 1.54) is 4.57 Å². The Morgan fingerprint density at radius 3 is 0.948 bits per heavy atom. The second-order valence-electron chi connectivity index (χ2n) is 18.1. The van der Waals surface area contributed by atoms with Crippen molar-refractivity contribution in [2.24, 2.45) is 0 Å². The minimum Gasteiger partial charge on any atom is -0.324 e. The summed E-state index contributed by atoms with van der Waals surface area (Å²) in [6.07, 6.45) is 0. The topological polar surface area (TPSA) is 43.6 Å². The van der Waals surface area contributed by atoms with Gasteiger partial charge in [0.2, 0.25) is 0 Å². The molecule has 286 valence electrons. The molecule has 0 fully saturated rings. The first kappa shape index (κ1) is 56.9. The molecule has 9 rings (SSSR count). The number of benzene rings is 7. The lowest BCUT2D eigenvalue weighted by Gasteiger charge is -2.28. The van der Waals surface area contributed by atoms with Crippen LogP contribution in [0.2, 0.25) is 0 Å². The van der Waals surface area contributed by atoms with Gasteiger partial charge in [-0.1, -0.05) is 92.9 Å². The standard InChI is InChI=1S/C45H2B28N4/c1-2(46)14(47)26(59)10-9-25(58)36(69)37(70)39(72)41(9)77(42(10)73)40-8-3(17(50)30(63)35(68)24(8)57)11(27(60)38(40)71)43-74-44(12-15(48)4-6(18(51)28(12)61)22(55)33(66)31(64)20(4)53)76-45(75-43)13-16(49)5-7(19(52)29(13)62)23(56)34(67)32(65)21(5)54/h1H2/b26-14-. The quantitative estimate of drug-likeness (QED) is 0.123. The largest absolute Gasteiger partial charge is 0.324 e. The van der Waals surface area contributed by atoms with Gasteiger partial charge in [0.25, 0.3) is 0 Å². The van der Waals surface area contributed by atoms with Crippen molar-refractivity contribution in [3.05, 3.63) is 23.1 Å². The van der Waals surface area contributed by atoms with Crippen LogP contribution < -0.4 is 137 Å². The van der Waals surface area contributed by atoms with Gasteiger partial charge in [-0.3, -0.25) is 0 Å². The lowest BCUT2D eigenvalue weighted by atomic mass is 9.59. The third-order valence-electron chi connectivity index (χ3n) is 14.1. The maximum atomic E-state index is 7.24. The fraction of sp³-hybridized carbons (Fsp3) is 0. The van der Waals surface area contributed by atoms with Gasteiger partial charge >= 0.3 is 0 Å². The van der Waals surface area contributed by atoms with Crippen molar-refractivity contribution in [3.8, 4) is 39.9 Å². The van der Waals surface area contributed by atoms with Gasteiger partial charge in [-0.25, -0.2) is 15.0 Å². The minimum absolute atomic E-state index is 0.0229. The SMILES string of the molecule is [B]C(=C)/C([B])=C(/[B])c1c([B])n(-c2c([B])c([B])c(-c3nc(-c4c([B])c([B])c5c([B])c([B])c([B])c([B])c5c4[B])nc(-c4c([B])c([B])c5c([B])c([B])c([B])c([B])c5c4[B])n3)c3c([B])c([B])c([B])c([B])c23)c2c([B])c([B])c([B])c([B])c12. The normalized spacial score (nSPS) is 12.1. The molecule has 2 aromatic heterocycles. The van der Waals surface area contributed by atoms with Gasteiger partial charge in [0.1, 0.15) is 220 Å². The Labute approximate surface area is 484 Å². The monoisotopic (exact) mass is 906 g/mol. The lowest BCUT2D eigenvalue weighted by Crippen LogP contribution is -2.52. The highest BCUT2D eigenvalue weighted by Crippen LogP contribution is 2.32. The van der Waals surface area contributed by atoms with Crippen LogP contribution in [0.3, 0.4) is 0 Å². The molecule has 9 aromatic rings. The fourth-order valence-electron chi connectivity index (χ4n) is 9.85. The summed E-state index contributed by atoms with van der Waals surface area (Å²) in [6, 6.07) is 0. The first-order chi connectivity index (χ1) is 35.9. The maximum Gasteiger partial charge on any atom is 0.164 e. The van der Waals surface area contributed by atoms with Gasteiger partial charge < -0.3 is 4.57 Å². The fourth-order valence-corrected chi connectivity index (χ4v) is 9.85. The smallest absolute Gasteiger partial charge is 0.164 e. The molecular formula is C45H2B28N4. The molecule has 32 heteroatoms. The van der Waals surface area contributed by atoms with Gasteiger partial charge in [-0.15, -0.1) is 61.2 Å². The van der Waals surface area contributed by atoms with E-state index < -0.39 is 5.82 Å². The number of fused-ring (bicyclic) bond motifs is 4. The van der Waals surface area contributed by atoms with Crippen LogP contribution in [0.15, 0.2) is 17.5 Å². The van der Waals surface area contributed by atoms with Crippen LogP contribution in [-0.4, -0.2) is 239 Å². The van der Waals surface area contributed by atoms with Crippen molar-refractivity contribution >= 4 is 405 Å². The van der Waals surface area contributed by atoms with E-state index in [0.29, 0.717) is 0 Å². The summed E-state index contributed by atoms with van der Waals surface area (Å²) >= 11 is 0.